The Morgan fingerprint density at radius 1 is 0.532 bits per heavy atom. The minimum absolute atomic E-state index is 0. The molecule has 11 rings (SSSR count). The predicted octanol–water partition coefficient (Wildman–Crippen LogP) is 14.8. The summed E-state index contributed by atoms with van der Waals surface area (Å²) in [4.78, 5) is 4.93. The topological polar surface area (TPSA) is 27.1 Å². The molecule has 0 spiro atoms. The summed E-state index contributed by atoms with van der Waals surface area (Å²) in [5.41, 5.74) is 14.0. The molecular weight excluding hydrogens is 940 g/mol. The third kappa shape index (κ3) is 6.21. The number of rotatable bonds is 7. The van der Waals surface area contributed by atoms with Gasteiger partial charge in [0.2, 0.25) is 11.4 Å². The number of quaternary nitrogens is 2. The van der Waals surface area contributed by atoms with Crippen LogP contribution in [0.3, 0.4) is 0 Å². The number of fused-ring (bicyclic) bond motifs is 7. The molecule has 6 heteroatoms. The van der Waals surface area contributed by atoms with E-state index in [1.54, 1.807) is 0 Å². The van der Waals surface area contributed by atoms with Gasteiger partial charge >= 0.3 is 0 Å². The van der Waals surface area contributed by atoms with Crippen molar-refractivity contribution in [3.8, 4) is 39.6 Å². The molecule has 0 amide bonds. The van der Waals surface area contributed by atoms with E-state index in [1.165, 1.54) is 44.9 Å². The molecule has 0 saturated carbocycles. The minimum Gasteiger partial charge on any atom is -0.509 e. The molecule has 1 fully saturated rings. The van der Waals surface area contributed by atoms with E-state index in [2.05, 4.69) is 217 Å². The number of nitrogens with zero attached hydrogens (tertiary/aromatic N) is 4. The molecule has 0 N–H and O–H groups in total. The molecule has 1 saturated heterocycles. The first-order chi connectivity index (χ1) is 29.4. The van der Waals surface area contributed by atoms with Gasteiger partial charge < -0.3 is 9.30 Å². The molecule has 2 aromatic heterocycles. The first-order valence-electron chi connectivity index (χ1n) is 21.1. The summed E-state index contributed by atoms with van der Waals surface area (Å²) < 4.78 is 10.1. The largest absolute Gasteiger partial charge is 0.509 e. The summed E-state index contributed by atoms with van der Waals surface area (Å²) in [7, 11) is 0. The molecule has 4 heterocycles. The maximum absolute atomic E-state index is 6.76. The quantitative estimate of drug-likeness (QED) is 0.0904. The van der Waals surface area contributed by atoms with E-state index in [0.29, 0.717) is 20.7 Å². The fourth-order valence-corrected chi connectivity index (χ4v) is 9.32. The maximum Gasteiger partial charge on any atom is 0.225 e. The van der Waals surface area contributed by atoms with Crippen LogP contribution in [0.5, 0.6) is 11.5 Å². The molecule has 7 aromatic carbocycles. The van der Waals surface area contributed by atoms with Gasteiger partial charge in [0.25, 0.3) is 0 Å². The number of pyridine rings is 1. The molecule has 308 valence electrons. The molecule has 2 atom stereocenters. The zero-order chi connectivity index (χ0) is 41.7. The Morgan fingerprint density at radius 3 is 1.90 bits per heavy atom. The molecule has 62 heavy (non-hydrogen) atoms. The van der Waals surface area contributed by atoms with Crippen molar-refractivity contribution in [2.75, 3.05) is 0 Å². The van der Waals surface area contributed by atoms with Gasteiger partial charge in [0.15, 0.2) is 12.4 Å². The summed E-state index contributed by atoms with van der Waals surface area (Å²) in [6, 6.07) is 66.1. The first kappa shape index (κ1) is 40.0. The number of hydrogen-bond donors (Lipinski definition) is 0. The van der Waals surface area contributed by atoms with Crippen molar-refractivity contribution >= 4 is 44.6 Å². The second-order valence-electron chi connectivity index (χ2n) is 18.5. The third-order valence-corrected chi connectivity index (χ3v) is 12.6. The molecule has 0 bridgehead atoms. The van der Waals surface area contributed by atoms with Crippen LogP contribution in [-0.4, -0.2) is 9.55 Å². The summed E-state index contributed by atoms with van der Waals surface area (Å²) in [6.45, 7) is 16.0. The predicted molar refractivity (Wildman–Crippen MR) is 251 cm³/mol. The van der Waals surface area contributed by atoms with Crippen molar-refractivity contribution in [3.63, 3.8) is 0 Å². The Labute approximate surface area is 378 Å². The average molecular weight is 987 g/mol. The van der Waals surface area contributed by atoms with Crippen LogP contribution in [0.4, 0.5) is 22.7 Å². The zero-order valence-corrected chi connectivity index (χ0v) is 38.0. The Hall–Kier alpha value is -6.10. The molecule has 0 aliphatic carbocycles. The fourth-order valence-electron chi connectivity index (χ4n) is 9.32. The van der Waals surface area contributed by atoms with Crippen LogP contribution in [0.25, 0.3) is 49.9 Å². The van der Waals surface area contributed by atoms with Crippen LogP contribution in [0.15, 0.2) is 170 Å². The molecule has 9 aromatic rings. The fraction of sp³-hybridized carbons (Fsp3) is 0.143. The monoisotopic (exact) mass is 986 g/mol. The van der Waals surface area contributed by atoms with Crippen LogP contribution in [0, 0.1) is 18.8 Å². The first-order valence-corrected chi connectivity index (χ1v) is 21.1. The van der Waals surface area contributed by atoms with Crippen molar-refractivity contribution in [1.82, 2.24) is 18.7 Å². The van der Waals surface area contributed by atoms with Crippen LogP contribution in [0.2, 0.25) is 0 Å². The van der Waals surface area contributed by atoms with Gasteiger partial charge in [-0.15, -0.1) is 29.7 Å². The number of para-hydroxylation sites is 2. The molecule has 2 aliphatic rings. The van der Waals surface area contributed by atoms with E-state index in [4.69, 9.17) is 9.72 Å². The molecule has 1 unspecified atom stereocenters. The normalized spacial score (nSPS) is 17.8. The summed E-state index contributed by atoms with van der Waals surface area (Å²) >= 11 is 0. The summed E-state index contributed by atoms with van der Waals surface area (Å²) in [5.74, 6) is 2.11. The van der Waals surface area contributed by atoms with Crippen LogP contribution in [0.1, 0.15) is 52.7 Å². The van der Waals surface area contributed by atoms with Crippen molar-refractivity contribution in [1.29, 1.82) is 0 Å². The summed E-state index contributed by atoms with van der Waals surface area (Å²) in [6.07, 6.45) is 1.91. The van der Waals surface area contributed by atoms with Crippen LogP contribution in [-0.2, 0) is 31.9 Å². The van der Waals surface area contributed by atoms with Crippen molar-refractivity contribution in [2.45, 2.75) is 52.4 Å². The van der Waals surface area contributed by atoms with E-state index < -0.39 is 0 Å². The van der Waals surface area contributed by atoms with Gasteiger partial charge in [-0.3, -0.25) is 0 Å². The van der Waals surface area contributed by atoms with E-state index in [0.717, 1.165) is 38.9 Å². The number of hydrogen-bond acceptors (Lipinski definition) is 2. The van der Waals surface area contributed by atoms with Gasteiger partial charge in [0.1, 0.15) is 5.82 Å². The minimum atomic E-state index is -0.0381. The Balaban J connectivity index is 0.00000458. The zero-order valence-electron chi connectivity index (χ0n) is 35.8. The van der Waals surface area contributed by atoms with Gasteiger partial charge in [-0.05, 0) is 67.8 Å². The van der Waals surface area contributed by atoms with Gasteiger partial charge in [-0.1, -0.05) is 144 Å². The molecular formula is C56H47N4OPt-. The maximum atomic E-state index is 6.76. The summed E-state index contributed by atoms with van der Waals surface area (Å²) in [5, 5.41) is 2.23. The van der Waals surface area contributed by atoms with Gasteiger partial charge in [-0.25, -0.2) is 9.58 Å². The van der Waals surface area contributed by atoms with Crippen LogP contribution < -0.4 is 13.9 Å². The van der Waals surface area contributed by atoms with E-state index in [-0.39, 0.29) is 31.9 Å². The van der Waals surface area contributed by atoms with Crippen molar-refractivity contribution < 1.29 is 25.8 Å². The van der Waals surface area contributed by atoms with Gasteiger partial charge in [0, 0.05) is 68.5 Å². The van der Waals surface area contributed by atoms with Crippen molar-refractivity contribution in [2.24, 2.45) is 0 Å². The third-order valence-electron chi connectivity index (χ3n) is 12.6. The van der Waals surface area contributed by atoms with E-state index in [1.807, 2.05) is 18.3 Å². The Kier molecular flexibility index (Phi) is 9.35. The number of aromatic nitrogens is 2. The molecule has 0 radical (unpaired) electrons. The number of benzene rings is 7. The van der Waals surface area contributed by atoms with E-state index in [9.17, 15) is 0 Å². The second-order valence-corrected chi connectivity index (χ2v) is 18.5. The Morgan fingerprint density at radius 2 is 1.19 bits per heavy atom. The number of ether oxygens (including phenoxy) is 1. The molecule has 2 aliphatic heterocycles. The van der Waals surface area contributed by atoms with Gasteiger partial charge in [0.05, 0.1) is 5.69 Å². The SMILES string of the molecule is CC(C)(C)c1cc(-c2ccccc2)cc([N@+]23[CH-][N+]2(c2[c-]c(Oc4[c-]c5c(cc4)c4cc(-c6ccccc6)ccc4n5-c4cc(C(C)(C)C)ccn4)ccc2)c2ccccc23)c1.[Pt]. The standard InChI is InChI=1S/C56H47N4O.Pt/c1-55(2,3)42-28-29-57-54(34-42)58-50-27-24-40(38-16-9-7-10-17-38)32-49(50)48-26-25-47(36-51(48)58)61-46-21-15-20-44(35-46)59-37-60(59,53-23-14-13-22-52(53)59)45-31-41(39-18-11-8-12-19-39)30-43(33-45)56(4,5)6;/h7-34,37H,1-6H3;/q-1;/t59?,60-;/m0./s1. The Bertz CT molecular complexity index is 3180. The van der Waals surface area contributed by atoms with Gasteiger partial charge in [-0.2, -0.15) is 16.7 Å². The van der Waals surface area contributed by atoms with Crippen molar-refractivity contribution in [3.05, 3.63) is 200 Å². The molecule has 5 nitrogen and oxygen atoms in total. The second kappa shape index (κ2) is 14.5. The smallest absolute Gasteiger partial charge is 0.225 e. The van der Waals surface area contributed by atoms with Crippen LogP contribution >= 0.6 is 0 Å². The van der Waals surface area contributed by atoms with E-state index >= 15 is 0 Å². The average Bonchev–Trinajstić information content (AvgIpc) is 3.77.